The van der Waals surface area contributed by atoms with Gasteiger partial charge in [-0.15, -0.1) is 0 Å². The van der Waals surface area contributed by atoms with Gasteiger partial charge < -0.3 is 15.4 Å². The number of carbonyl (C=O) groups is 2. The predicted molar refractivity (Wildman–Crippen MR) is 84.9 cm³/mol. The Hall–Kier alpha value is -2.11. The number of para-hydroxylation sites is 1. The van der Waals surface area contributed by atoms with Gasteiger partial charge in [-0.1, -0.05) is 18.9 Å². The second kappa shape index (κ2) is 8.50. The Labute approximate surface area is 135 Å². The molecule has 1 aromatic rings. The number of rotatable bonds is 7. The molecule has 0 aliphatic heterocycles. The van der Waals surface area contributed by atoms with Gasteiger partial charge in [0.15, 0.2) is 11.6 Å². The third kappa shape index (κ3) is 4.68. The zero-order valence-corrected chi connectivity index (χ0v) is 13.4. The molecule has 1 aliphatic rings. The van der Waals surface area contributed by atoms with Crippen LogP contribution in [0.5, 0.6) is 5.75 Å². The lowest BCUT2D eigenvalue weighted by Gasteiger charge is -2.13. The molecule has 23 heavy (non-hydrogen) atoms. The normalized spacial score (nSPS) is 14.5. The van der Waals surface area contributed by atoms with Crippen LogP contribution >= 0.6 is 0 Å². The second-order valence-electron chi connectivity index (χ2n) is 5.58. The molecule has 0 atom stereocenters. The van der Waals surface area contributed by atoms with Gasteiger partial charge in [-0.2, -0.15) is 0 Å². The van der Waals surface area contributed by atoms with Crippen LogP contribution in [-0.2, 0) is 4.79 Å². The van der Waals surface area contributed by atoms with Crippen molar-refractivity contribution >= 4 is 11.8 Å². The average molecular weight is 322 g/mol. The highest BCUT2D eigenvalue weighted by atomic mass is 19.1. The Morgan fingerprint density at radius 3 is 2.61 bits per heavy atom. The predicted octanol–water partition coefficient (Wildman–Crippen LogP) is 2.26. The van der Waals surface area contributed by atoms with Gasteiger partial charge in [0.1, 0.15) is 0 Å². The van der Waals surface area contributed by atoms with Crippen LogP contribution < -0.4 is 15.4 Å². The smallest absolute Gasteiger partial charge is 0.255 e. The number of hydrogen-bond acceptors (Lipinski definition) is 3. The van der Waals surface area contributed by atoms with Crippen LogP contribution in [-0.4, -0.2) is 31.5 Å². The van der Waals surface area contributed by atoms with Gasteiger partial charge in [0.2, 0.25) is 5.91 Å². The van der Waals surface area contributed by atoms with Crippen molar-refractivity contribution in [3.05, 3.63) is 29.6 Å². The molecular weight excluding hydrogens is 299 g/mol. The molecule has 0 radical (unpaired) electrons. The van der Waals surface area contributed by atoms with Gasteiger partial charge >= 0.3 is 0 Å². The first-order valence-corrected chi connectivity index (χ1v) is 8.10. The van der Waals surface area contributed by atoms with Crippen molar-refractivity contribution in [3.63, 3.8) is 0 Å². The maximum Gasteiger partial charge on any atom is 0.255 e. The Morgan fingerprint density at radius 2 is 1.91 bits per heavy atom. The molecule has 1 aliphatic carbocycles. The summed E-state index contributed by atoms with van der Waals surface area (Å²) in [7, 11) is 0. The largest absolute Gasteiger partial charge is 0.490 e. The maximum atomic E-state index is 13.7. The molecule has 0 aromatic heterocycles. The fraction of sp³-hybridized carbons (Fsp3) is 0.529. The summed E-state index contributed by atoms with van der Waals surface area (Å²) in [5.74, 6) is -0.851. The molecule has 2 N–H and O–H groups in total. The third-order valence-electron chi connectivity index (χ3n) is 3.94. The summed E-state index contributed by atoms with van der Waals surface area (Å²) in [5.41, 5.74) is 0.161. The van der Waals surface area contributed by atoms with Crippen molar-refractivity contribution in [1.29, 1.82) is 0 Å². The van der Waals surface area contributed by atoms with E-state index in [2.05, 4.69) is 10.6 Å². The standard InChI is InChI=1S/C17H23FN2O3/c1-2-23-15-13(8-5-9-14(15)18)17(22)20-11-10-19-16(21)12-6-3-4-7-12/h5,8-9,12H,2-4,6-7,10-11H2,1H3,(H,19,21)(H,20,22). The highest BCUT2D eigenvalue weighted by molar-refractivity contribution is 5.97. The Balaban J connectivity index is 1.81. The van der Waals surface area contributed by atoms with Crippen molar-refractivity contribution < 1.29 is 18.7 Å². The molecule has 0 spiro atoms. The molecule has 0 heterocycles. The SMILES string of the molecule is CCOc1c(F)cccc1C(=O)NCCNC(=O)C1CCCC1. The van der Waals surface area contributed by atoms with E-state index in [1.165, 1.54) is 18.2 Å². The summed E-state index contributed by atoms with van der Waals surface area (Å²) >= 11 is 0. The Morgan fingerprint density at radius 1 is 1.22 bits per heavy atom. The zero-order chi connectivity index (χ0) is 16.7. The summed E-state index contributed by atoms with van der Waals surface area (Å²) in [6.45, 7) is 2.66. The van der Waals surface area contributed by atoms with E-state index in [4.69, 9.17) is 4.74 Å². The number of ether oxygens (including phenoxy) is 1. The van der Waals surface area contributed by atoms with Crippen LogP contribution in [0.15, 0.2) is 18.2 Å². The molecule has 0 bridgehead atoms. The topological polar surface area (TPSA) is 67.4 Å². The highest BCUT2D eigenvalue weighted by Gasteiger charge is 2.22. The van der Waals surface area contributed by atoms with Gasteiger partial charge in [0, 0.05) is 19.0 Å². The highest BCUT2D eigenvalue weighted by Crippen LogP contribution is 2.24. The molecular formula is C17H23FN2O3. The quantitative estimate of drug-likeness (QED) is 0.757. The molecule has 0 saturated heterocycles. The number of carbonyl (C=O) groups excluding carboxylic acids is 2. The van der Waals surface area contributed by atoms with Gasteiger partial charge in [-0.05, 0) is 31.9 Å². The van der Waals surface area contributed by atoms with E-state index >= 15 is 0 Å². The number of halogens is 1. The molecule has 2 rings (SSSR count). The lowest BCUT2D eigenvalue weighted by atomic mass is 10.1. The number of nitrogens with one attached hydrogen (secondary N) is 2. The van der Waals surface area contributed by atoms with E-state index in [0.29, 0.717) is 13.1 Å². The van der Waals surface area contributed by atoms with Crippen LogP contribution in [0, 0.1) is 11.7 Å². The van der Waals surface area contributed by atoms with E-state index in [9.17, 15) is 14.0 Å². The lowest BCUT2D eigenvalue weighted by Crippen LogP contribution is -2.37. The molecule has 126 valence electrons. The minimum Gasteiger partial charge on any atom is -0.490 e. The van der Waals surface area contributed by atoms with Crippen LogP contribution in [0.4, 0.5) is 4.39 Å². The van der Waals surface area contributed by atoms with Crippen molar-refractivity contribution in [2.75, 3.05) is 19.7 Å². The van der Waals surface area contributed by atoms with Crippen molar-refractivity contribution in [2.45, 2.75) is 32.6 Å². The maximum absolute atomic E-state index is 13.7. The second-order valence-corrected chi connectivity index (χ2v) is 5.58. The number of benzene rings is 1. The monoisotopic (exact) mass is 322 g/mol. The van der Waals surface area contributed by atoms with Crippen molar-refractivity contribution in [3.8, 4) is 5.75 Å². The minimum atomic E-state index is -0.561. The van der Waals surface area contributed by atoms with E-state index in [0.717, 1.165) is 25.7 Å². The van der Waals surface area contributed by atoms with E-state index in [1.807, 2.05) is 0 Å². The fourth-order valence-corrected chi connectivity index (χ4v) is 2.77. The molecule has 1 fully saturated rings. The third-order valence-corrected chi connectivity index (χ3v) is 3.94. The summed E-state index contributed by atoms with van der Waals surface area (Å²) in [6.07, 6.45) is 4.10. The lowest BCUT2D eigenvalue weighted by molar-refractivity contribution is -0.124. The molecule has 6 heteroatoms. The summed E-state index contributed by atoms with van der Waals surface area (Å²) in [4.78, 5) is 24.0. The van der Waals surface area contributed by atoms with E-state index in [-0.39, 0.29) is 29.7 Å². The van der Waals surface area contributed by atoms with Crippen LogP contribution in [0.1, 0.15) is 43.0 Å². The number of amides is 2. The molecule has 2 amide bonds. The first-order valence-electron chi connectivity index (χ1n) is 8.10. The van der Waals surface area contributed by atoms with Crippen molar-refractivity contribution in [1.82, 2.24) is 10.6 Å². The number of hydrogen-bond donors (Lipinski definition) is 2. The molecule has 1 aromatic carbocycles. The van der Waals surface area contributed by atoms with Crippen LogP contribution in [0.25, 0.3) is 0 Å². The Kier molecular flexibility index (Phi) is 6.38. The van der Waals surface area contributed by atoms with E-state index < -0.39 is 11.7 Å². The van der Waals surface area contributed by atoms with Gasteiger partial charge in [0.25, 0.3) is 5.91 Å². The summed E-state index contributed by atoms with van der Waals surface area (Å²) in [6, 6.07) is 4.23. The molecule has 0 unspecified atom stereocenters. The van der Waals surface area contributed by atoms with E-state index in [1.54, 1.807) is 6.92 Å². The van der Waals surface area contributed by atoms with Crippen LogP contribution in [0.3, 0.4) is 0 Å². The fourth-order valence-electron chi connectivity index (χ4n) is 2.77. The first kappa shape index (κ1) is 17.2. The summed E-state index contributed by atoms with van der Waals surface area (Å²) in [5, 5.41) is 5.49. The molecule has 1 saturated carbocycles. The van der Waals surface area contributed by atoms with Crippen molar-refractivity contribution in [2.24, 2.45) is 5.92 Å². The van der Waals surface area contributed by atoms with Crippen LogP contribution in [0.2, 0.25) is 0 Å². The minimum absolute atomic E-state index is 0.0394. The van der Waals surface area contributed by atoms with Gasteiger partial charge in [-0.25, -0.2) is 4.39 Å². The average Bonchev–Trinajstić information content (AvgIpc) is 3.07. The first-order chi connectivity index (χ1) is 11.1. The van der Waals surface area contributed by atoms with Gasteiger partial charge in [-0.3, -0.25) is 9.59 Å². The molecule has 5 nitrogen and oxygen atoms in total. The van der Waals surface area contributed by atoms with Gasteiger partial charge in [0.05, 0.1) is 12.2 Å². The zero-order valence-electron chi connectivity index (χ0n) is 13.4. The Bertz CT molecular complexity index is 557. The summed E-state index contributed by atoms with van der Waals surface area (Å²) < 4.78 is 18.9.